The third kappa shape index (κ3) is 1.87. The Hall–Kier alpha value is -2.29. The van der Waals surface area contributed by atoms with Gasteiger partial charge in [0.25, 0.3) is 0 Å². The van der Waals surface area contributed by atoms with Crippen molar-refractivity contribution in [2.75, 3.05) is 0 Å². The van der Waals surface area contributed by atoms with Gasteiger partial charge in [-0.05, 0) is 30.7 Å². The molecule has 0 radical (unpaired) electrons. The summed E-state index contributed by atoms with van der Waals surface area (Å²) in [4.78, 5) is 12.9. The fourth-order valence-electron chi connectivity index (χ4n) is 1.77. The summed E-state index contributed by atoms with van der Waals surface area (Å²) in [6.45, 7) is 2.06. The monoisotopic (exact) mass is 221 g/mol. The van der Waals surface area contributed by atoms with Gasteiger partial charge in [0, 0.05) is 29.5 Å². The lowest BCUT2D eigenvalue weighted by atomic mass is 10.1. The molecule has 3 nitrogen and oxygen atoms in total. The van der Waals surface area contributed by atoms with Crippen LogP contribution in [0.2, 0.25) is 0 Å². The first-order chi connectivity index (χ1) is 8.33. The van der Waals surface area contributed by atoms with Gasteiger partial charge in [0.15, 0.2) is 5.82 Å². The highest BCUT2D eigenvalue weighted by Gasteiger charge is 2.02. The second-order valence-corrected chi connectivity index (χ2v) is 3.99. The Morgan fingerprint density at radius 1 is 1.00 bits per heavy atom. The fraction of sp³-hybridized carbons (Fsp3) is 0.0714. The van der Waals surface area contributed by atoms with E-state index in [1.807, 2.05) is 24.4 Å². The second kappa shape index (κ2) is 3.94. The number of hydrogen-bond acceptors (Lipinski definition) is 3. The Morgan fingerprint density at radius 3 is 2.65 bits per heavy atom. The molecule has 0 unspecified atom stereocenters. The number of nitrogens with zero attached hydrogens (tertiary/aromatic N) is 3. The molecule has 2 aromatic heterocycles. The van der Waals surface area contributed by atoms with E-state index in [2.05, 4.69) is 34.0 Å². The minimum atomic E-state index is 0.741. The molecule has 1 aromatic carbocycles. The number of pyridine rings is 1. The number of aryl methyl sites for hydroxylation is 1. The summed E-state index contributed by atoms with van der Waals surface area (Å²) in [5, 5.41) is 1.06. The molecule has 3 aromatic rings. The van der Waals surface area contributed by atoms with E-state index in [0.29, 0.717) is 0 Å². The van der Waals surface area contributed by atoms with Crippen molar-refractivity contribution in [1.29, 1.82) is 0 Å². The molecule has 0 aliphatic heterocycles. The molecule has 0 saturated carbocycles. The zero-order valence-electron chi connectivity index (χ0n) is 9.46. The number of fused-ring (bicyclic) bond motifs is 1. The molecule has 3 heteroatoms. The van der Waals surface area contributed by atoms with Crippen LogP contribution < -0.4 is 0 Å². The van der Waals surface area contributed by atoms with Gasteiger partial charge in [-0.2, -0.15) is 0 Å². The summed E-state index contributed by atoms with van der Waals surface area (Å²) in [6.07, 6.45) is 5.36. The third-order valence-electron chi connectivity index (χ3n) is 2.68. The van der Waals surface area contributed by atoms with Gasteiger partial charge in [0.1, 0.15) is 0 Å². The van der Waals surface area contributed by atoms with E-state index in [4.69, 9.17) is 0 Å². The topological polar surface area (TPSA) is 38.7 Å². The Morgan fingerprint density at radius 2 is 1.82 bits per heavy atom. The number of benzene rings is 1. The molecule has 0 aliphatic carbocycles. The van der Waals surface area contributed by atoms with E-state index in [1.54, 1.807) is 12.4 Å². The van der Waals surface area contributed by atoms with E-state index in [1.165, 1.54) is 5.56 Å². The van der Waals surface area contributed by atoms with Gasteiger partial charge in [-0.15, -0.1) is 0 Å². The van der Waals surface area contributed by atoms with E-state index in [-0.39, 0.29) is 0 Å². The smallest absolute Gasteiger partial charge is 0.159 e. The summed E-state index contributed by atoms with van der Waals surface area (Å²) in [5.41, 5.74) is 3.17. The van der Waals surface area contributed by atoms with Crippen LogP contribution in [0, 0.1) is 6.92 Å². The Kier molecular flexibility index (Phi) is 2.29. The van der Waals surface area contributed by atoms with Crippen molar-refractivity contribution >= 4 is 10.9 Å². The van der Waals surface area contributed by atoms with Crippen molar-refractivity contribution in [1.82, 2.24) is 15.0 Å². The van der Waals surface area contributed by atoms with Gasteiger partial charge < -0.3 is 0 Å². The van der Waals surface area contributed by atoms with Crippen LogP contribution in [0.4, 0.5) is 0 Å². The first-order valence-electron chi connectivity index (χ1n) is 5.47. The molecule has 0 bridgehead atoms. The van der Waals surface area contributed by atoms with Gasteiger partial charge in [-0.25, -0.2) is 9.97 Å². The van der Waals surface area contributed by atoms with Gasteiger partial charge in [-0.3, -0.25) is 4.98 Å². The summed E-state index contributed by atoms with van der Waals surface area (Å²) in [7, 11) is 0. The molecule has 0 spiro atoms. The lowest BCUT2D eigenvalue weighted by molar-refractivity contribution is 1.21. The highest BCUT2D eigenvalue weighted by atomic mass is 14.9. The zero-order valence-corrected chi connectivity index (χ0v) is 9.46. The van der Waals surface area contributed by atoms with Crippen molar-refractivity contribution in [3.63, 3.8) is 0 Å². The Labute approximate surface area is 99.2 Å². The molecule has 0 atom stereocenters. The maximum absolute atomic E-state index is 4.57. The predicted molar refractivity (Wildman–Crippen MR) is 67.5 cm³/mol. The summed E-state index contributed by atoms with van der Waals surface area (Å²) >= 11 is 0. The average molecular weight is 221 g/mol. The van der Waals surface area contributed by atoms with Crippen LogP contribution in [0.1, 0.15) is 5.56 Å². The molecule has 0 N–H and O–H groups in total. The number of rotatable bonds is 1. The molecule has 0 amide bonds. The van der Waals surface area contributed by atoms with Crippen LogP contribution in [-0.2, 0) is 0 Å². The van der Waals surface area contributed by atoms with E-state index < -0.39 is 0 Å². The maximum Gasteiger partial charge on any atom is 0.159 e. The highest BCUT2D eigenvalue weighted by Crippen LogP contribution is 2.18. The standard InChI is InChI=1S/C14H11N3/c1-10-2-3-12-9-16-14(17-13(12)8-10)11-4-6-15-7-5-11/h2-9H,1H3. The number of hydrogen-bond donors (Lipinski definition) is 0. The van der Waals surface area contributed by atoms with Crippen LogP contribution in [0.5, 0.6) is 0 Å². The van der Waals surface area contributed by atoms with Crippen LogP contribution in [0.15, 0.2) is 48.9 Å². The number of aromatic nitrogens is 3. The Bertz CT molecular complexity index is 663. The van der Waals surface area contributed by atoms with Crippen LogP contribution >= 0.6 is 0 Å². The molecular weight excluding hydrogens is 210 g/mol. The van der Waals surface area contributed by atoms with Crippen molar-refractivity contribution in [3.8, 4) is 11.4 Å². The molecule has 0 saturated heterocycles. The molecule has 3 rings (SSSR count). The highest BCUT2D eigenvalue weighted by molar-refractivity contribution is 5.80. The quantitative estimate of drug-likeness (QED) is 0.634. The molecule has 17 heavy (non-hydrogen) atoms. The fourth-order valence-corrected chi connectivity index (χ4v) is 1.77. The van der Waals surface area contributed by atoms with E-state index in [9.17, 15) is 0 Å². The van der Waals surface area contributed by atoms with Crippen LogP contribution in [0.3, 0.4) is 0 Å². The van der Waals surface area contributed by atoms with Gasteiger partial charge in [-0.1, -0.05) is 12.1 Å². The van der Waals surface area contributed by atoms with Crippen molar-refractivity contribution in [2.45, 2.75) is 6.92 Å². The Balaban J connectivity index is 2.19. The minimum absolute atomic E-state index is 0.741. The first kappa shape index (κ1) is 9.90. The SMILES string of the molecule is Cc1ccc2cnc(-c3ccncc3)nc2c1. The predicted octanol–water partition coefficient (Wildman–Crippen LogP) is 3.00. The maximum atomic E-state index is 4.57. The zero-order chi connectivity index (χ0) is 11.7. The lowest BCUT2D eigenvalue weighted by Gasteiger charge is -2.02. The molecular formula is C14H11N3. The molecule has 82 valence electrons. The molecule has 2 heterocycles. The summed E-state index contributed by atoms with van der Waals surface area (Å²) < 4.78 is 0. The summed E-state index contributed by atoms with van der Waals surface area (Å²) in [5.74, 6) is 0.741. The van der Waals surface area contributed by atoms with Gasteiger partial charge >= 0.3 is 0 Å². The minimum Gasteiger partial charge on any atom is -0.265 e. The molecule has 0 aliphatic rings. The van der Waals surface area contributed by atoms with Gasteiger partial charge in [0.05, 0.1) is 5.52 Å². The van der Waals surface area contributed by atoms with Crippen LogP contribution in [0.25, 0.3) is 22.3 Å². The van der Waals surface area contributed by atoms with Crippen molar-refractivity contribution < 1.29 is 0 Å². The van der Waals surface area contributed by atoms with Crippen molar-refractivity contribution in [2.24, 2.45) is 0 Å². The first-order valence-corrected chi connectivity index (χ1v) is 5.47. The largest absolute Gasteiger partial charge is 0.265 e. The lowest BCUT2D eigenvalue weighted by Crippen LogP contribution is -1.90. The third-order valence-corrected chi connectivity index (χ3v) is 2.68. The second-order valence-electron chi connectivity index (χ2n) is 3.99. The van der Waals surface area contributed by atoms with E-state index >= 15 is 0 Å². The van der Waals surface area contributed by atoms with Crippen LogP contribution in [-0.4, -0.2) is 15.0 Å². The summed E-state index contributed by atoms with van der Waals surface area (Å²) in [6, 6.07) is 10.0. The average Bonchev–Trinajstić information content (AvgIpc) is 2.39. The van der Waals surface area contributed by atoms with Gasteiger partial charge in [0.2, 0.25) is 0 Å². The van der Waals surface area contributed by atoms with E-state index in [0.717, 1.165) is 22.3 Å². The molecule has 0 fully saturated rings. The van der Waals surface area contributed by atoms with Crippen molar-refractivity contribution in [3.05, 3.63) is 54.5 Å². The normalized spacial score (nSPS) is 10.6.